The second kappa shape index (κ2) is 38.4. The summed E-state index contributed by atoms with van der Waals surface area (Å²) in [5.41, 5.74) is -1.98. The number of aromatic amines is 1. The Morgan fingerprint density at radius 2 is 1.01 bits per heavy atom. The molecule has 37 heteroatoms. The third-order valence-electron chi connectivity index (χ3n) is 13.9. The molecule has 0 spiro atoms. The summed E-state index contributed by atoms with van der Waals surface area (Å²) in [5.74, 6) is -14.6. The minimum atomic E-state index is -1.88. The monoisotopic (exact) mass is 1420 g/mol. The smallest absolute Gasteiger partial charge is 0.481 e. The number of hydrogen-bond acceptors (Lipinski definition) is 23. The molecule has 1 aromatic heterocycles. The van der Waals surface area contributed by atoms with E-state index in [4.69, 9.17) is 0 Å². The number of hydrogen-bond donors (Lipinski definition) is 17. The first kappa shape index (κ1) is 76.1. The summed E-state index contributed by atoms with van der Waals surface area (Å²) in [6.07, 6.45) is 0.886. The summed E-state index contributed by atoms with van der Waals surface area (Å²) in [5, 5.41) is 96.3. The van der Waals surface area contributed by atoms with Gasteiger partial charge in [-0.3, -0.25) is 81.9 Å². The molecule has 90 heavy (non-hydrogen) atoms. The van der Waals surface area contributed by atoms with Gasteiger partial charge in [0.25, 0.3) is 10.9 Å². The number of carbonyl (C=O) groups is 12. The van der Waals surface area contributed by atoms with Crippen LogP contribution in [-0.2, 0) is 70.4 Å². The minimum Gasteiger partial charge on any atom is -0.481 e. The standard InChI is InChI=1S/C53H74N14O22.Gd/c1-29(47(81)60-33(19-31-21-54-28-57-31)50(84)62-35(26-68)51(85)61-32(18-30-6-3-2-4-7-30)49(83)63-36(27-69)52(86)87)58-48(82)34(20-39(71)72)59-38(70)22-56-44-43(45(79)46(44)80)55-9-5-8-37(53(88)89)67-16-14-65(24-41(75)76)12-10-64(23-40(73)74)11-13-66(15-17-67)25-42(77)78;/h2-4,6-7,21,28-29,32-37,55-56,68-69H,5,8-20,22-27H2,1H3,(H,54,57)(H,58,82)(H,59,70)(H,60,81)(H,61,85)(H,62,84)(H,63,83)(H,71,72)(H,73,74)(H,75,76)(H,77,78)(H,86,87)(H,88,89);/q;+3/t29-,32-,33-,34-,35-,36-,37?;/m0./s1. The van der Waals surface area contributed by atoms with Gasteiger partial charge in [0.15, 0.2) is 0 Å². The number of aliphatic hydroxyl groups is 2. The fraction of sp³-hybridized carbons (Fsp3) is 0.528. The van der Waals surface area contributed by atoms with Crippen LogP contribution in [0.4, 0.5) is 11.4 Å². The molecule has 4 rings (SSSR count). The Labute approximate surface area is 544 Å². The molecule has 1 saturated heterocycles. The molecular weight excluding hydrogens is 1340 g/mol. The van der Waals surface area contributed by atoms with Gasteiger partial charge in [-0.15, -0.1) is 0 Å². The van der Waals surface area contributed by atoms with Crippen molar-refractivity contribution in [3.05, 3.63) is 74.6 Å². The number of nitrogens with zero attached hydrogens (tertiary/aromatic N) is 5. The molecule has 0 aliphatic carbocycles. The number of H-pyrrole nitrogens is 1. The molecule has 7 atom stereocenters. The van der Waals surface area contributed by atoms with E-state index in [0.717, 1.165) is 6.92 Å². The molecule has 1 radical (unpaired) electrons. The van der Waals surface area contributed by atoms with Gasteiger partial charge in [0.1, 0.15) is 53.7 Å². The number of aliphatic carboxylic acids is 6. The Kier molecular flexibility index (Phi) is 32.5. The van der Waals surface area contributed by atoms with E-state index in [1.54, 1.807) is 40.1 Å². The molecule has 36 nitrogen and oxygen atoms in total. The summed E-state index contributed by atoms with van der Waals surface area (Å²) >= 11 is 0. The number of carbonyl (C=O) groups excluding carboxylic acids is 6. The maximum absolute atomic E-state index is 13.8. The maximum atomic E-state index is 13.8. The average Bonchev–Trinajstić information content (AvgIpc) is 0.879. The van der Waals surface area contributed by atoms with Crippen LogP contribution >= 0.6 is 0 Å². The van der Waals surface area contributed by atoms with E-state index in [1.807, 2.05) is 0 Å². The van der Waals surface area contributed by atoms with Crippen LogP contribution in [0.5, 0.6) is 0 Å². The van der Waals surface area contributed by atoms with E-state index in [-0.39, 0.29) is 148 Å². The van der Waals surface area contributed by atoms with E-state index in [1.165, 1.54) is 22.3 Å². The molecule has 1 unspecified atom stereocenters. The van der Waals surface area contributed by atoms with Gasteiger partial charge in [0, 0.05) is 83.6 Å². The third kappa shape index (κ3) is 25.7. The molecule has 0 saturated carbocycles. The number of amides is 6. The molecular formula is C53H74GdN14O22+3. The van der Waals surface area contributed by atoms with Crippen molar-refractivity contribution in [2.45, 2.75) is 81.3 Å². The molecule has 3 aromatic rings. The molecule has 2 aromatic carbocycles. The summed E-state index contributed by atoms with van der Waals surface area (Å²) in [4.78, 5) is 190. The Bertz CT molecular complexity index is 2990. The van der Waals surface area contributed by atoms with Crippen LogP contribution in [-0.4, -0.2) is 282 Å². The van der Waals surface area contributed by atoms with Gasteiger partial charge in [-0.25, -0.2) is 9.78 Å². The summed E-state index contributed by atoms with van der Waals surface area (Å²) in [6, 6.07) is -3.24. The van der Waals surface area contributed by atoms with Crippen molar-refractivity contribution in [3.63, 3.8) is 0 Å². The predicted molar refractivity (Wildman–Crippen MR) is 307 cm³/mol. The zero-order valence-corrected chi connectivity index (χ0v) is 50.9. The summed E-state index contributed by atoms with van der Waals surface area (Å²) < 4.78 is 0. The van der Waals surface area contributed by atoms with Gasteiger partial charge < -0.3 is 88.4 Å². The first-order valence-corrected chi connectivity index (χ1v) is 27.8. The molecule has 493 valence electrons. The van der Waals surface area contributed by atoms with Crippen molar-refractivity contribution in [2.75, 3.05) is 109 Å². The van der Waals surface area contributed by atoms with Crippen molar-refractivity contribution in [3.8, 4) is 0 Å². The van der Waals surface area contributed by atoms with E-state index < -0.39 is 164 Å². The van der Waals surface area contributed by atoms with Crippen molar-refractivity contribution in [1.82, 2.24) is 61.5 Å². The number of aliphatic hydroxyl groups excluding tert-OH is 2. The molecule has 1 aliphatic rings. The second-order valence-corrected chi connectivity index (χ2v) is 20.6. The number of imidazole rings is 1. The van der Waals surface area contributed by atoms with Crippen LogP contribution in [0.2, 0.25) is 0 Å². The van der Waals surface area contributed by atoms with E-state index in [2.05, 4.69) is 52.5 Å². The van der Waals surface area contributed by atoms with Crippen LogP contribution in [0.3, 0.4) is 0 Å². The number of benzene rings is 1. The third-order valence-corrected chi connectivity index (χ3v) is 13.9. The maximum Gasteiger partial charge on any atom is 3.00 e. The summed E-state index contributed by atoms with van der Waals surface area (Å²) in [6.45, 7) is -2.64. The Morgan fingerprint density at radius 1 is 0.544 bits per heavy atom. The largest absolute Gasteiger partial charge is 3.00 e. The Hall–Kier alpha value is -8.17. The van der Waals surface area contributed by atoms with Crippen molar-refractivity contribution >= 4 is 82.6 Å². The minimum absolute atomic E-state index is 0. The average molecular weight is 1420 g/mol. The van der Waals surface area contributed by atoms with Gasteiger partial charge in [-0.05, 0) is 25.3 Å². The van der Waals surface area contributed by atoms with Crippen LogP contribution in [0, 0.1) is 39.9 Å². The van der Waals surface area contributed by atoms with Crippen molar-refractivity contribution < 1.29 is 138 Å². The van der Waals surface area contributed by atoms with Crippen LogP contribution in [0.25, 0.3) is 0 Å². The molecule has 17 N–H and O–H groups in total. The van der Waals surface area contributed by atoms with Crippen molar-refractivity contribution in [1.29, 1.82) is 0 Å². The van der Waals surface area contributed by atoms with Crippen LogP contribution in [0.15, 0.2) is 52.4 Å². The molecule has 0 bridgehead atoms. The Morgan fingerprint density at radius 3 is 1.49 bits per heavy atom. The second-order valence-electron chi connectivity index (χ2n) is 20.6. The van der Waals surface area contributed by atoms with Gasteiger partial charge >= 0.3 is 75.8 Å². The van der Waals surface area contributed by atoms with Gasteiger partial charge in [0.2, 0.25) is 35.4 Å². The van der Waals surface area contributed by atoms with Crippen LogP contribution < -0.4 is 53.4 Å². The fourth-order valence-electron chi connectivity index (χ4n) is 9.17. The molecule has 1 fully saturated rings. The normalized spacial score (nSPS) is 16.0. The number of anilines is 2. The zero-order chi connectivity index (χ0) is 65.9. The summed E-state index contributed by atoms with van der Waals surface area (Å²) in [7, 11) is 0. The van der Waals surface area contributed by atoms with E-state index in [9.17, 15) is 108 Å². The van der Waals surface area contributed by atoms with Gasteiger partial charge in [-0.1, -0.05) is 30.3 Å². The topological polar surface area (TPSA) is 539 Å². The fourth-order valence-corrected chi connectivity index (χ4v) is 9.17. The SMILES string of the molecule is C[C@H](NC(=O)[C@H](CC(=O)O)NC(=O)CNc1c(NCCCC(C(=O)O)N2CCN(CC(=O)O)CCN(CC(=O)O)CCN(CC(=O)O)CC2)c(=O)c1=O)C(=O)N[C@@H](Cc1cnc[nH]1)C(=O)N[C@@H](CO)C(=O)N[C@@H](Cc1ccccc1)C(=O)N[C@@H](CO)C(=O)O.[Gd+3]. The van der Waals surface area contributed by atoms with E-state index >= 15 is 0 Å². The molecule has 6 amide bonds. The van der Waals surface area contributed by atoms with Gasteiger partial charge in [0.05, 0.1) is 52.1 Å². The number of carboxylic acids is 6. The van der Waals surface area contributed by atoms with Gasteiger partial charge in [-0.2, -0.15) is 0 Å². The number of rotatable bonds is 36. The predicted octanol–water partition coefficient (Wildman–Crippen LogP) is -7.50. The van der Waals surface area contributed by atoms with Crippen LogP contribution in [0.1, 0.15) is 37.4 Å². The first-order valence-electron chi connectivity index (χ1n) is 27.8. The Balaban J connectivity index is 0.0000212. The number of aromatic nitrogens is 2. The van der Waals surface area contributed by atoms with E-state index in [0.29, 0.717) is 5.56 Å². The first-order chi connectivity index (χ1) is 42.2. The number of carboxylic acid groups (broad SMARTS) is 6. The molecule has 2 heterocycles. The van der Waals surface area contributed by atoms with Crippen molar-refractivity contribution in [2.24, 2.45) is 0 Å². The molecule has 1 aliphatic heterocycles. The number of nitrogens with one attached hydrogen (secondary N) is 9. The zero-order valence-electron chi connectivity index (χ0n) is 48.6. The quantitative estimate of drug-likeness (QED) is 0.0190.